The van der Waals surface area contributed by atoms with Gasteiger partial charge in [-0.3, -0.25) is 0 Å². The van der Waals surface area contributed by atoms with Crippen molar-refractivity contribution in [3.63, 3.8) is 0 Å². The van der Waals surface area contributed by atoms with E-state index in [0.717, 1.165) is 17.3 Å². The number of anilines is 5. The number of benzene rings is 14. The molecule has 2 spiro atoms. The molecular weight excluding hydrogens is 1360 g/mol. The van der Waals surface area contributed by atoms with Crippen molar-refractivity contribution in [3.8, 4) is 66.8 Å². The lowest BCUT2D eigenvalue weighted by atomic mass is 9.70. The zero-order valence-corrected chi connectivity index (χ0v) is 63.2. The number of nitrogens with zero attached hydrogens (tertiary/aromatic N) is 1. The first-order valence-electron chi connectivity index (χ1n) is 39.3. The highest BCUT2D eigenvalue weighted by Crippen LogP contribution is 2.66. The summed E-state index contributed by atoms with van der Waals surface area (Å²) in [7, 11) is 0. The van der Waals surface area contributed by atoms with Crippen LogP contribution >= 0.6 is 15.9 Å². The maximum atomic E-state index is 3.81. The van der Waals surface area contributed by atoms with E-state index in [1.54, 1.807) is 0 Å². The molecule has 0 atom stereocenters. The largest absolute Gasteiger partial charge is 0.356 e. The fraction of sp³-hybridized carbons (Fsp3) is 0.192. The van der Waals surface area contributed by atoms with Crippen LogP contribution in [0.25, 0.3) is 66.8 Å². The average molecular weight is 1440 g/mol. The van der Waals surface area contributed by atoms with Gasteiger partial charge in [-0.15, -0.1) is 0 Å². The van der Waals surface area contributed by atoms with Gasteiger partial charge < -0.3 is 10.2 Å². The molecule has 22 rings (SSSR count). The SMILES string of the molecule is Brc1ccc(C2CCCCC2)cc1.CC1(C)c2ccccc2-c2ccc(N(c3ccc(C4CCCCC4)cc3)c3ccc4c(c3)C3(c5ccccc5-c5ccccc53)c3ccccc3-4)cc21.CC1(C)c2ccccc2-c2ccc(Nc3ccc4c(c3)C3(c5ccccc5-c5ccccc53)c3ccccc3-4)cc21. The molecule has 14 aromatic carbocycles. The molecule has 8 aliphatic carbocycles. The van der Waals surface area contributed by atoms with Gasteiger partial charge >= 0.3 is 0 Å². The summed E-state index contributed by atoms with van der Waals surface area (Å²) in [5, 5.41) is 3.81. The van der Waals surface area contributed by atoms with Gasteiger partial charge in [-0.25, -0.2) is 0 Å². The Hall–Kier alpha value is -10.8. The molecule has 2 saturated carbocycles. The van der Waals surface area contributed by atoms with E-state index in [4.69, 9.17) is 0 Å². The van der Waals surface area contributed by atoms with Gasteiger partial charge in [-0.2, -0.15) is 0 Å². The van der Waals surface area contributed by atoms with Crippen molar-refractivity contribution in [1.82, 2.24) is 0 Å². The van der Waals surface area contributed by atoms with Gasteiger partial charge in [0, 0.05) is 43.7 Å². The summed E-state index contributed by atoms with van der Waals surface area (Å²) in [6.45, 7) is 9.45. The molecule has 0 aliphatic heterocycles. The highest BCUT2D eigenvalue weighted by molar-refractivity contribution is 9.10. The summed E-state index contributed by atoms with van der Waals surface area (Å²) in [5.41, 5.74) is 40.7. The molecule has 107 heavy (non-hydrogen) atoms. The summed E-state index contributed by atoms with van der Waals surface area (Å²) in [5.74, 6) is 1.51. The number of hydrogen-bond acceptors (Lipinski definition) is 2. The van der Waals surface area contributed by atoms with E-state index in [1.165, 1.54) is 230 Å². The minimum atomic E-state index is -0.382. The first-order chi connectivity index (χ1) is 52.5. The molecule has 2 nitrogen and oxygen atoms in total. The van der Waals surface area contributed by atoms with Gasteiger partial charge in [0.1, 0.15) is 0 Å². The third-order valence-corrected chi connectivity index (χ3v) is 26.6. The Labute approximate surface area is 640 Å². The minimum Gasteiger partial charge on any atom is -0.356 e. The van der Waals surface area contributed by atoms with Crippen LogP contribution in [0.15, 0.2) is 320 Å². The maximum absolute atomic E-state index is 3.81. The molecular formula is C104H87BrN2. The molecule has 2 fully saturated rings. The Morgan fingerprint density at radius 3 is 0.888 bits per heavy atom. The third-order valence-electron chi connectivity index (χ3n) is 26.1. The summed E-state index contributed by atoms with van der Waals surface area (Å²) in [6, 6.07) is 119. The summed E-state index contributed by atoms with van der Waals surface area (Å²) >= 11 is 3.47. The molecule has 0 amide bonds. The monoisotopic (exact) mass is 1440 g/mol. The second-order valence-electron chi connectivity index (χ2n) is 32.4. The highest BCUT2D eigenvalue weighted by Gasteiger charge is 2.54. The van der Waals surface area contributed by atoms with E-state index in [1.807, 2.05) is 0 Å². The quantitative estimate of drug-likeness (QED) is 0.171. The normalized spacial score (nSPS) is 16.5. The van der Waals surface area contributed by atoms with Crippen LogP contribution in [-0.4, -0.2) is 0 Å². The maximum Gasteiger partial charge on any atom is 0.0726 e. The molecule has 14 aromatic rings. The summed E-state index contributed by atoms with van der Waals surface area (Å²) in [4.78, 5) is 2.52. The van der Waals surface area contributed by atoms with Crippen LogP contribution in [0.1, 0.15) is 182 Å². The van der Waals surface area contributed by atoms with Gasteiger partial charge in [-0.05, 0) is 255 Å². The number of hydrogen-bond donors (Lipinski definition) is 1. The lowest BCUT2D eigenvalue weighted by molar-refractivity contribution is 0.443. The number of nitrogens with one attached hydrogen (secondary N) is 1. The Morgan fingerprint density at radius 2 is 0.514 bits per heavy atom. The summed E-state index contributed by atoms with van der Waals surface area (Å²) < 4.78 is 1.19. The topological polar surface area (TPSA) is 15.3 Å². The van der Waals surface area contributed by atoms with Crippen LogP contribution in [0.5, 0.6) is 0 Å². The first-order valence-corrected chi connectivity index (χ1v) is 40.1. The molecule has 1 N–H and O–H groups in total. The van der Waals surface area contributed by atoms with E-state index in [9.17, 15) is 0 Å². The number of rotatable bonds is 7. The van der Waals surface area contributed by atoms with Gasteiger partial charge in [0.25, 0.3) is 0 Å². The minimum absolute atomic E-state index is 0.0233. The summed E-state index contributed by atoms with van der Waals surface area (Å²) in [6.07, 6.45) is 13.7. The van der Waals surface area contributed by atoms with Crippen LogP contribution in [0, 0.1) is 0 Å². The molecule has 0 bridgehead atoms. The average Bonchev–Trinajstić information content (AvgIpc) is 1.51. The van der Waals surface area contributed by atoms with Crippen molar-refractivity contribution in [2.24, 2.45) is 0 Å². The molecule has 0 aromatic heterocycles. The highest BCUT2D eigenvalue weighted by atomic mass is 79.9. The molecule has 0 saturated heterocycles. The fourth-order valence-corrected chi connectivity index (χ4v) is 21.4. The second-order valence-corrected chi connectivity index (χ2v) is 33.3. The van der Waals surface area contributed by atoms with Crippen molar-refractivity contribution in [2.45, 2.75) is 125 Å². The van der Waals surface area contributed by atoms with E-state index < -0.39 is 0 Å². The van der Waals surface area contributed by atoms with Crippen LogP contribution in [0.2, 0.25) is 0 Å². The Bertz CT molecular complexity index is 5730. The Balaban J connectivity index is 0.000000123. The van der Waals surface area contributed by atoms with E-state index in [2.05, 4.69) is 369 Å². The van der Waals surface area contributed by atoms with Gasteiger partial charge in [0.15, 0.2) is 0 Å². The predicted octanol–water partition coefficient (Wildman–Crippen LogP) is 28.4. The van der Waals surface area contributed by atoms with Crippen molar-refractivity contribution < 1.29 is 0 Å². The second kappa shape index (κ2) is 25.7. The number of halogens is 1. The van der Waals surface area contributed by atoms with E-state index >= 15 is 0 Å². The predicted molar refractivity (Wildman–Crippen MR) is 451 cm³/mol. The van der Waals surface area contributed by atoms with Gasteiger partial charge in [0.05, 0.1) is 10.8 Å². The number of fused-ring (bicyclic) bond motifs is 26. The molecule has 0 unspecified atom stereocenters. The van der Waals surface area contributed by atoms with E-state index in [0.29, 0.717) is 5.92 Å². The van der Waals surface area contributed by atoms with Gasteiger partial charge in [-0.1, -0.05) is 325 Å². The van der Waals surface area contributed by atoms with Crippen LogP contribution < -0.4 is 10.2 Å². The van der Waals surface area contributed by atoms with Gasteiger partial charge in [0.2, 0.25) is 0 Å². The lowest BCUT2D eigenvalue weighted by Crippen LogP contribution is -2.26. The van der Waals surface area contributed by atoms with Crippen molar-refractivity contribution >= 4 is 44.4 Å². The zero-order chi connectivity index (χ0) is 71.8. The molecule has 0 radical (unpaired) electrons. The van der Waals surface area contributed by atoms with Crippen molar-refractivity contribution in [3.05, 3.63) is 398 Å². The first kappa shape index (κ1) is 65.7. The molecule has 8 aliphatic rings. The smallest absolute Gasteiger partial charge is 0.0726 e. The standard InChI is InChI=1S/C52H43N.C40H29N.C12H15Br/c1-51(2)45-20-10-6-16-39(45)43-30-28-37(32-49(43)51)53(36-26-24-35(25-27-36)34-14-4-3-5-15-34)38-29-31-44-42-19-9-13-23-48(42)52(50(44)33-38)46-21-11-7-17-40(46)41-18-8-12-22-47(41)52;1-39(2)33-15-7-3-11-27(33)31-21-19-25(23-37(31)39)41-26-20-22-32-30-14-6-10-18-36(30)40(38(32)24-26)34-16-8-4-12-28(34)29-13-5-9-17-35(29)40;13-12-8-6-11(7-9-12)10-4-2-1-3-5-10/h6-13,16-34H,3-5,14-15H2,1-2H3;3-24,41H,1-2H3;6-10H,1-5H2. The molecule has 520 valence electrons. The van der Waals surface area contributed by atoms with Crippen LogP contribution in [0.3, 0.4) is 0 Å². The fourth-order valence-electron chi connectivity index (χ4n) is 21.1. The van der Waals surface area contributed by atoms with Crippen molar-refractivity contribution in [2.75, 3.05) is 10.2 Å². The van der Waals surface area contributed by atoms with Crippen molar-refractivity contribution in [1.29, 1.82) is 0 Å². The van der Waals surface area contributed by atoms with Crippen LogP contribution in [-0.2, 0) is 21.7 Å². The zero-order valence-electron chi connectivity index (χ0n) is 61.6. The van der Waals surface area contributed by atoms with Crippen LogP contribution in [0.4, 0.5) is 28.4 Å². The lowest BCUT2D eigenvalue weighted by Gasteiger charge is -2.32. The molecule has 0 heterocycles. The third kappa shape index (κ3) is 10.2. The molecule has 3 heteroatoms. The Kier molecular flexibility index (Phi) is 15.8. The van der Waals surface area contributed by atoms with E-state index in [-0.39, 0.29) is 21.7 Å². The Morgan fingerprint density at radius 1 is 0.252 bits per heavy atom.